The molecule has 2 atom stereocenters. The number of hydrogen-bond donors (Lipinski definition) is 1. The van der Waals surface area contributed by atoms with Crippen LogP contribution in [0.4, 0.5) is 4.79 Å². The molecule has 0 unspecified atom stereocenters. The van der Waals surface area contributed by atoms with Gasteiger partial charge in [0.2, 0.25) is 5.91 Å². The smallest absolute Gasteiger partial charge is 0.318 e. The fraction of sp³-hybridized carbons (Fsp3) is 0.636. The Kier molecular flexibility index (Phi) is 7.69. The maximum atomic E-state index is 13.2. The van der Waals surface area contributed by atoms with Crippen molar-refractivity contribution >= 4 is 11.9 Å². The Morgan fingerprint density at radius 1 is 1.15 bits per heavy atom. The van der Waals surface area contributed by atoms with Crippen molar-refractivity contribution in [1.82, 2.24) is 15.1 Å². The fourth-order valence-electron chi connectivity index (χ4n) is 3.53. The van der Waals surface area contributed by atoms with Crippen LogP contribution in [0.15, 0.2) is 30.3 Å². The zero-order chi connectivity index (χ0) is 20.0. The summed E-state index contributed by atoms with van der Waals surface area (Å²) in [6.45, 7) is 12.6. The lowest BCUT2D eigenvalue weighted by atomic mass is 9.97. The number of amides is 3. The number of carbonyl (C=O) groups excluding carboxylic acids is 2. The zero-order valence-electron chi connectivity index (χ0n) is 17.4. The molecular weight excluding hydrogens is 338 g/mol. The van der Waals surface area contributed by atoms with Gasteiger partial charge >= 0.3 is 6.03 Å². The summed E-state index contributed by atoms with van der Waals surface area (Å²) in [5.74, 6) is 1.00. The lowest BCUT2D eigenvalue weighted by molar-refractivity contribution is -0.134. The van der Waals surface area contributed by atoms with Gasteiger partial charge in [-0.2, -0.15) is 0 Å². The summed E-state index contributed by atoms with van der Waals surface area (Å²) in [5, 5.41) is 3.02. The van der Waals surface area contributed by atoms with Crippen LogP contribution in [0.25, 0.3) is 0 Å². The van der Waals surface area contributed by atoms with Crippen LogP contribution in [-0.4, -0.2) is 47.4 Å². The van der Waals surface area contributed by atoms with Crippen molar-refractivity contribution in [2.45, 2.75) is 59.5 Å². The molecule has 1 aromatic rings. The molecule has 1 aliphatic rings. The summed E-state index contributed by atoms with van der Waals surface area (Å²) >= 11 is 0. The summed E-state index contributed by atoms with van der Waals surface area (Å²) in [6, 6.07) is 8.87. The van der Waals surface area contributed by atoms with Crippen LogP contribution in [0.2, 0.25) is 0 Å². The topological polar surface area (TPSA) is 52.7 Å². The summed E-state index contributed by atoms with van der Waals surface area (Å²) in [4.78, 5) is 30.0. The summed E-state index contributed by atoms with van der Waals surface area (Å²) < 4.78 is 0. The van der Waals surface area contributed by atoms with Crippen LogP contribution in [-0.2, 0) is 4.79 Å². The van der Waals surface area contributed by atoms with Crippen LogP contribution in [0.1, 0.15) is 59.1 Å². The Morgan fingerprint density at radius 2 is 1.74 bits per heavy atom. The largest absolute Gasteiger partial charge is 0.341 e. The molecule has 150 valence electrons. The number of benzene rings is 1. The van der Waals surface area contributed by atoms with Gasteiger partial charge in [0.05, 0.1) is 0 Å². The van der Waals surface area contributed by atoms with Crippen molar-refractivity contribution in [3.63, 3.8) is 0 Å². The minimum atomic E-state index is -0.638. The molecule has 5 heteroatoms. The van der Waals surface area contributed by atoms with Crippen molar-refractivity contribution in [2.24, 2.45) is 11.8 Å². The van der Waals surface area contributed by atoms with Gasteiger partial charge in [0.1, 0.15) is 6.04 Å². The average molecular weight is 374 g/mol. The van der Waals surface area contributed by atoms with Crippen molar-refractivity contribution in [1.29, 1.82) is 0 Å². The molecular formula is C22H35N3O2. The first kappa shape index (κ1) is 21.3. The first-order valence-corrected chi connectivity index (χ1v) is 10.3. The molecule has 0 spiro atoms. The number of rotatable bonds is 6. The van der Waals surface area contributed by atoms with E-state index in [2.05, 4.69) is 33.0 Å². The highest BCUT2D eigenvalue weighted by molar-refractivity contribution is 5.88. The predicted octanol–water partition coefficient (Wildman–Crippen LogP) is 4.06. The van der Waals surface area contributed by atoms with Crippen LogP contribution in [0.5, 0.6) is 0 Å². The normalized spacial score (nSPS) is 17.5. The first-order valence-electron chi connectivity index (χ1n) is 10.3. The number of hydrogen-bond acceptors (Lipinski definition) is 2. The van der Waals surface area contributed by atoms with E-state index in [-0.39, 0.29) is 18.0 Å². The second-order valence-electron chi connectivity index (χ2n) is 8.07. The summed E-state index contributed by atoms with van der Waals surface area (Å²) in [7, 11) is 0. The number of carbonyl (C=O) groups is 2. The quantitative estimate of drug-likeness (QED) is 0.817. The van der Waals surface area contributed by atoms with E-state index < -0.39 is 6.04 Å². The molecule has 1 aliphatic heterocycles. The molecule has 3 amide bonds. The highest BCUT2D eigenvalue weighted by atomic mass is 16.2. The molecule has 0 aliphatic carbocycles. The van der Waals surface area contributed by atoms with Crippen molar-refractivity contribution < 1.29 is 9.59 Å². The van der Waals surface area contributed by atoms with E-state index in [4.69, 9.17) is 0 Å². The van der Waals surface area contributed by atoms with Crippen molar-refractivity contribution in [2.75, 3.05) is 19.6 Å². The molecule has 1 fully saturated rings. The molecule has 0 saturated carbocycles. The molecule has 0 radical (unpaired) electrons. The minimum absolute atomic E-state index is 0.00490. The standard InChI is InChI=1S/C22H35N3O2/c1-6-25(18(5)16(2)3)22(27)23-20(19-10-8-7-9-11-19)21(26)24-14-12-17(4)13-15-24/h7-11,16-18,20H,6,12-15H2,1-5H3,(H,23,27)/t18-,20+/m1/s1. The molecule has 0 bridgehead atoms. The van der Waals surface area contributed by atoms with Crippen LogP contribution in [0.3, 0.4) is 0 Å². The first-order chi connectivity index (χ1) is 12.8. The Balaban J connectivity index is 2.20. The third kappa shape index (κ3) is 5.47. The number of piperidine rings is 1. The molecule has 0 aromatic heterocycles. The highest BCUT2D eigenvalue weighted by Gasteiger charge is 2.31. The second kappa shape index (κ2) is 9.77. The third-order valence-electron chi connectivity index (χ3n) is 5.80. The molecule has 1 aromatic carbocycles. The molecule has 1 N–H and O–H groups in total. The number of nitrogens with zero attached hydrogens (tertiary/aromatic N) is 2. The van der Waals surface area contributed by atoms with E-state index in [1.807, 2.05) is 47.1 Å². The van der Waals surface area contributed by atoms with Gasteiger partial charge in [-0.3, -0.25) is 4.79 Å². The van der Waals surface area contributed by atoms with Crippen molar-refractivity contribution in [3.8, 4) is 0 Å². The zero-order valence-corrected chi connectivity index (χ0v) is 17.4. The minimum Gasteiger partial charge on any atom is -0.341 e. The summed E-state index contributed by atoms with van der Waals surface area (Å²) in [5.41, 5.74) is 0.836. The van der Waals surface area contributed by atoms with Crippen LogP contribution < -0.4 is 5.32 Å². The van der Waals surface area contributed by atoms with E-state index >= 15 is 0 Å². The monoisotopic (exact) mass is 373 g/mol. The maximum absolute atomic E-state index is 13.2. The van der Waals surface area contributed by atoms with E-state index in [9.17, 15) is 9.59 Å². The number of likely N-dealkylation sites (tertiary alicyclic amines) is 1. The number of urea groups is 1. The second-order valence-corrected chi connectivity index (χ2v) is 8.07. The van der Waals surface area contributed by atoms with Gasteiger partial charge in [-0.1, -0.05) is 51.1 Å². The Hall–Kier alpha value is -2.04. The SMILES string of the molecule is CCN(C(=O)N[C@H](C(=O)N1CCC(C)CC1)c1ccccc1)[C@H](C)C(C)C. The van der Waals surface area contributed by atoms with Gasteiger partial charge in [0.15, 0.2) is 0 Å². The average Bonchev–Trinajstić information content (AvgIpc) is 2.67. The molecule has 1 heterocycles. The lowest BCUT2D eigenvalue weighted by Crippen LogP contribution is -2.51. The highest BCUT2D eigenvalue weighted by Crippen LogP contribution is 2.22. The molecule has 1 saturated heterocycles. The van der Waals surface area contributed by atoms with Gasteiger partial charge in [-0.15, -0.1) is 0 Å². The molecule has 2 rings (SSSR count). The fourth-order valence-corrected chi connectivity index (χ4v) is 3.53. The van der Waals surface area contributed by atoms with Crippen LogP contribution in [0, 0.1) is 11.8 Å². The number of nitrogens with one attached hydrogen (secondary N) is 1. The maximum Gasteiger partial charge on any atom is 0.318 e. The van der Waals surface area contributed by atoms with Crippen molar-refractivity contribution in [3.05, 3.63) is 35.9 Å². The molecule has 5 nitrogen and oxygen atoms in total. The third-order valence-corrected chi connectivity index (χ3v) is 5.80. The van der Waals surface area contributed by atoms with Gasteiger partial charge in [0, 0.05) is 25.7 Å². The van der Waals surface area contributed by atoms with Gasteiger partial charge in [-0.25, -0.2) is 4.79 Å². The van der Waals surface area contributed by atoms with E-state index in [1.54, 1.807) is 0 Å². The van der Waals surface area contributed by atoms with E-state index in [1.165, 1.54) is 0 Å². The Labute approximate surface area is 164 Å². The van der Waals surface area contributed by atoms with Gasteiger partial charge in [0.25, 0.3) is 0 Å². The van der Waals surface area contributed by atoms with E-state index in [0.29, 0.717) is 18.4 Å². The summed E-state index contributed by atoms with van der Waals surface area (Å²) in [6.07, 6.45) is 2.04. The predicted molar refractivity (Wildman–Crippen MR) is 109 cm³/mol. The Morgan fingerprint density at radius 3 is 2.26 bits per heavy atom. The molecule has 27 heavy (non-hydrogen) atoms. The van der Waals surface area contributed by atoms with Crippen LogP contribution >= 0.6 is 0 Å². The van der Waals surface area contributed by atoms with E-state index in [0.717, 1.165) is 31.5 Å². The lowest BCUT2D eigenvalue weighted by Gasteiger charge is -2.35. The van der Waals surface area contributed by atoms with Gasteiger partial charge in [-0.05, 0) is 44.1 Å². The van der Waals surface area contributed by atoms with Gasteiger partial charge < -0.3 is 15.1 Å². The Bertz CT molecular complexity index is 609.